The van der Waals surface area contributed by atoms with Gasteiger partial charge in [0.15, 0.2) is 17.4 Å². The lowest BCUT2D eigenvalue weighted by Gasteiger charge is -2.24. The molecular weight excluding hydrogens is 394 g/mol. The van der Waals surface area contributed by atoms with Gasteiger partial charge in [0.25, 0.3) is 11.8 Å². The minimum atomic E-state index is -1.51. The molecule has 0 unspecified atom stereocenters. The number of ether oxygens (including phenoxy) is 1. The van der Waals surface area contributed by atoms with Crippen molar-refractivity contribution < 1.29 is 36.7 Å². The zero-order valence-corrected chi connectivity index (χ0v) is 17.0. The molecule has 1 aromatic rings. The van der Waals surface area contributed by atoms with Gasteiger partial charge in [0.1, 0.15) is 5.60 Å². The largest absolute Gasteiger partial charge is 0.482 e. The third-order valence-electron chi connectivity index (χ3n) is 3.22. The summed E-state index contributed by atoms with van der Waals surface area (Å²) in [4.78, 5) is 27.2. The summed E-state index contributed by atoms with van der Waals surface area (Å²) in [6, 6.07) is 0. The Labute approximate surface area is 168 Å². The van der Waals surface area contributed by atoms with Crippen LogP contribution in [0.3, 0.4) is 0 Å². The number of hydrogen-bond acceptors (Lipinski definition) is 4. The van der Waals surface area contributed by atoms with Gasteiger partial charge in [-0.05, 0) is 48.5 Å². The molecule has 1 aromatic carbocycles. The second-order valence-electron chi connectivity index (χ2n) is 8.21. The molecule has 1 aliphatic heterocycles. The number of carbonyl (C=O) groups excluding carboxylic acids is 2. The van der Waals surface area contributed by atoms with Crippen molar-refractivity contribution >= 4 is 11.8 Å². The number of hydrogen-bond donors (Lipinski definition) is 0. The fraction of sp³-hybridized carbons (Fsp3) is 0.600. The number of benzene rings is 1. The highest BCUT2D eigenvalue weighted by Crippen LogP contribution is 2.31. The van der Waals surface area contributed by atoms with Gasteiger partial charge in [0, 0.05) is 18.4 Å². The molecule has 0 aliphatic carbocycles. The van der Waals surface area contributed by atoms with E-state index in [2.05, 4.69) is 0 Å². The van der Waals surface area contributed by atoms with Crippen LogP contribution in [0.2, 0.25) is 0 Å². The number of rotatable bonds is 2. The number of imide groups is 1. The molecular formula is C20H29F4NO4. The van der Waals surface area contributed by atoms with Gasteiger partial charge < -0.3 is 4.74 Å². The van der Waals surface area contributed by atoms with Crippen LogP contribution in [-0.4, -0.2) is 28.1 Å². The zero-order valence-electron chi connectivity index (χ0n) is 17.0. The average Bonchev–Trinajstić information content (AvgIpc) is 2.85. The second-order valence-corrected chi connectivity index (χ2v) is 8.21. The van der Waals surface area contributed by atoms with E-state index >= 15 is 0 Å². The number of carbonyl (C=O) groups is 2. The molecule has 1 fully saturated rings. The first-order valence-corrected chi connectivity index (χ1v) is 8.61. The average molecular weight is 423 g/mol. The molecule has 2 amide bonds. The fourth-order valence-electron chi connectivity index (χ4n) is 2.05. The summed E-state index contributed by atoms with van der Waals surface area (Å²) in [7, 11) is 0. The molecule has 29 heavy (non-hydrogen) atoms. The van der Waals surface area contributed by atoms with Crippen molar-refractivity contribution in [3.8, 4) is 5.75 Å². The molecule has 0 radical (unpaired) electrons. The highest BCUT2D eigenvalue weighted by molar-refractivity contribution is 6.00. The van der Waals surface area contributed by atoms with E-state index in [-0.39, 0.29) is 32.1 Å². The molecule has 1 saturated heterocycles. The lowest BCUT2D eigenvalue weighted by atomic mass is 10.1. The van der Waals surface area contributed by atoms with E-state index in [1.807, 2.05) is 0 Å². The number of nitrogens with zero attached hydrogens (tertiary/aromatic N) is 1. The summed E-state index contributed by atoms with van der Waals surface area (Å²) < 4.78 is 57.8. The van der Waals surface area contributed by atoms with E-state index in [9.17, 15) is 27.2 Å². The van der Waals surface area contributed by atoms with Gasteiger partial charge in [-0.1, -0.05) is 7.43 Å². The molecule has 0 spiro atoms. The van der Waals surface area contributed by atoms with Crippen LogP contribution in [0.25, 0.3) is 0 Å². The van der Waals surface area contributed by atoms with E-state index in [1.165, 1.54) is 20.8 Å². The molecule has 2 rings (SSSR count). The Balaban J connectivity index is 0.000000542. The maximum Gasteiger partial charge on any atom is 0.254 e. The quantitative estimate of drug-likeness (QED) is 0.371. The van der Waals surface area contributed by atoms with Crippen LogP contribution in [0.15, 0.2) is 0 Å². The van der Waals surface area contributed by atoms with Gasteiger partial charge in [0.05, 0.1) is 5.60 Å². The van der Waals surface area contributed by atoms with Crippen LogP contribution >= 0.6 is 0 Å². The van der Waals surface area contributed by atoms with Crippen LogP contribution in [0, 0.1) is 30.2 Å². The normalized spacial score (nSPS) is 14.4. The number of halogens is 4. The molecule has 9 heteroatoms. The molecule has 0 bridgehead atoms. The summed E-state index contributed by atoms with van der Waals surface area (Å²) in [5, 5.41) is 0.875. The first kappa shape index (κ1) is 26.8. The Bertz CT molecular complexity index is 722. The Kier molecular flexibility index (Phi) is 8.85. The first-order chi connectivity index (χ1) is 12.5. The van der Waals surface area contributed by atoms with Gasteiger partial charge >= 0.3 is 0 Å². The topological polar surface area (TPSA) is 55.8 Å². The van der Waals surface area contributed by atoms with Crippen LogP contribution < -0.4 is 4.74 Å². The van der Waals surface area contributed by atoms with E-state index < -0.39 is 45.8 Å². The minimum Gasteiger partial charge on any atom is -0.482 e. The van der Waals surface area contributed by atoms with Gasteiger partial charge in [-0.3, -0.25) is 14.4 Å². The zero-order chi connectivity index (χ0) is 22.0. The predicted octanol–water partition coefficient (Wildman–Crippen LogP) is 5.23. The standard InChI is InChI=1S/C11H12F4O.C8H13NO3.CH4/c1-5-6(12)8(14)10(9(15)7(5)13)16-11(2,3)4;1-8(2,3)12-9-6(10)4-5-7(9)11;/h1-4H3;4-5H2,1-3H3;1H4. The summed E-state index contributed by atoms with van der Waals surface area (Å²) in [5.41, 5.74) is -2.14. The molecule has 0 saturated carbocycles. The minimum absolute atomic E-state index is 0. The molecule has 1 aliphatic rings. The highest BCUT2D eigenvalue weighted by atomic mass is 19.2. The Morgan fingerprint density at radius 2 is 1.14 bits per heavy atom. The van der Waals surface area contributed by atoms with E-state index in [1.54, 1.807) is 20.8 Å². The SMILES string of the molecule is C.CC(C)(C)ON1C(=O)CCC1=O.Cc1c(F)c(F)c(OC(C)(C)C)c(F)c1F. The lowest BCUT2D eigenvalue weighted by molar-refractivity contribution is -0.218. The van der Waals surface area contributed by atoms with Crippen LogP contribution in [0.4, 0.5) is 17.6 Å². The van der Waals surface area contributed by atoms with Crippen molar-refractivity contribution in [3.63, 3.8) is 0 Å². The van der Waals surface area contributed by atoms with Crippen LogP contribution in [0.1, 0.15) is 67.4 Å². The van der Waals surface area contributed by atoms with Crippen molar-refractivity contribution in [1.82, 2.24) is 5.06 Å². The van der Waals surface area contributed by atoms with Crippen molar-refractivity contribution in [2.24, 2.45) is 0 Å². The predicted molar refractivity (Wildman–Crippen MR) is 100 cm³/mol. The maximum absolute atomic E-state index is 13.3. The smallest absolute Gasteiger partial charge is 0.254 e. The van der Waals surface area contributed by atoms with E-state index in [4.69, 9.17) is 9.57 Å². The molecule has 5 nitrogen and oxygen atoms in total. The molecule has 0 N–H and O–H groups in total. The summed E-state index contributed by atoms with van der Waals surface area (Å²) in [6.45, 7) is 10.9. The van der Waals surface area contributed by atoms with Gasteiger partial charge in [-0.15, -0.1) is 0 Å². The molecule has 166 valence electrons. The molecule has 0 atom stereocenters. The van der Waals surface area contributed by atoms with Crippen molar-refractivity contribution in [3.05, 3.63) is 28.8 Å². The Morgan fingerprint density at radius 1 is 0.759 bits per heavy atom. The molecule has 1 heterocycles. The van der Waals surface area contributed by atoms with Gasteiger partial charge in [0.2, 0.25) is 11.6 Å². The van der Waals surface area contributed by atoms with Crippen molar-refractivity contribution in [1.29, 1.82) is 0 Å². The van der Waals surface area contributed by atoms with Crippen LogP contribution in [-0.2, 0) is 14.4 Å². The van der Waals surface area contributed by atoms with Gasteiger partial charge in [-0.25, -0.2) is 8.78 Å². The lowest BCUT2D eigenvalue weighted by Crippen LogP contribution is -2.37. The maximum atomic E-state index is 13.3. The third kappa shape index (κ3) is 7.30. The Morgan fingerprint density at radius 3 is 1.45 bits per heavy atom. The Hall–Kier alpha value is -2.16. The second kappa shape index (κ2) is 9.56. The van der Waals surface area contributed by atoms with E-state index in [0.717, 1.165) is 12.0 Å². The monoisotopic (exact) mass is 423 g/mol. The van der Waals surface area contributed by atoms with Crippen molar-refractivity contribution in [2.75, 3.05) is 0 Å². The van der Waals surface area contributed by atoms with Crippen molar-refractivity contribution in [2.45, 2.75) is 79.9 Å². The molecule has 0 aromatic heterocycles. The van der Waals surface area contributed by atoms with Gasteiger partial charge in [-0.2, -0.15) is 13.8 Å². The highest BCUT2D eigenvalue weighted by Gasteiger charge is 2.33. The van der Waals surface area contributed by atoms with E-state index in [0.29, 0.717) is 0 Å². The summed E-state index contributed by atoms with van der Waals surface area (Å²) >= 11 is 0. The number of amides is 2. The summed E-state index contributed by atoms with van der Waals surface area (Å²) in [5.74, 6) is -7.38. The fourth-order valence-corrected chi connectivity index (χ4v) is 2.05. The first-order valence-electron chi connectivity index (χ1n) is 8.61. The third-order valence-corrected chi connectivity index (χ3v) is 3.22. The van der Waals surface area contributed by atoms with Crippen LogP contribution in [0.5, 0.6) is 5.75 Å². The number of hydroxylamine groups is 2. The summed E-state index contributed by atoms with van der Waals surface area (Å²) in [6.07, 6.45) is 0.545.